The van der Waals surface area contributed by atoms with Gasteiger partial charge >= 0.3 is 6.03 Å². The fourth-order valence-electron chi connectivity index (χ4n) is 2.81. The molecule has 0 bridgehead atoms. The first-order valence-electron chi connectivity index (χ1n) is 8.53. The predicted molar refractivity (Wildman–Crippen MR) is 102 cm³/mol. The lowest BCUT2D eigenvalue weighted by atomic mass is 10.2. The zero-order valence-corrected chi connectivity index (χ0v) is 15.3. The molecular weight excluding hydrogens is 332 g/mol. The average molecular weight is 356 g/mol. The van der Waals surface area contributed by atoms with Crippen LogP contribution in [0, 0.1) is 6.92 Å². The van der Waals surface area contributed by atoms with Crippen LogP contribution < -0.4 is 20.3 Å². The smallest absolute Gasteiger partial charge is 0.324 e. The molecule has 0 radical (unpaired) electrons. The molecule has 0 atom stereocenters. The highest BCUT2D eigenvalue weighted by Crippen LogP contribution is 2.25. The van der Waals surface area contributed by atoms with Gasteiger partial charge in [0.15, 0.2) is 0 Å². The zero-order valence-electron chi connectivity index (χ0n) is 15.3. The van der Waals surface area contributed by atoms with Crippen LogP contribution in [0.3, 0.4) is 0 Å². The van der Waals surface area contributed by atoms with Gasteiger partial charge in [-0.2, -0.15) is 0 Å². The second-order valence-corrected chi connectivity index (χ2v) is 6.33. The van der Waals surface area contributed by atoms with Crippen molar-refractivity contribution in [2.24, 2.45) is 0 Å². The maximum absolute atomic E-state index is 12.3. The number of urea groups is 1. The maximum Gasteiger partial charge on any atom is 0.324 e. The first-order chi connectivity index (χ1) is 12.5. The number of ether oxygens (including phenoxy) is 1. The molecule has 2 heterocycles. The second kappa shape index (κ2) is 8.01. The van der Waals surface area contributed by atoms with Crippen molar-refractivity contribution in [2.45, 2.75) is 6.92 Å². The third-order valence-corrected chi connectivity index (χ3v) is 4.32. The first-order valence-corrected chi connectivity index (χ1v) is 8.53. The minimum absolute atomic E-state index is 0.378. The summed E-state index contributed by atoms with van der Waals surface area (Å²) in [5.41, 5.74) is 1.64. The average Bonchev–Trinajstić information content (AvgIpc) is 2.62. The van der Waals surface area contributed by atoms with E-state index in [0.717, 1.165) is 37.6 Å². The molecule has 138 valence electrons. The van der Waals surface area contributed by atoms with Crippen LogP contribution in [0.2, 0.25) is 0 Å². The Hall–Kier alpha value is -2.87. The Morgan fingerprint density at radius 2 is 1.88 bits per heavy atom. The molecule has 1 aromatic heterocycles. The maximum atomic E-state index is 12.3. The van der Waals surface area contributed by atoms with Crippen molar-refractivity contribution in [3.8, 4) is 5.75 Å². The first kappa shape index (κ1) is 17.9. The summed E-state index contributed by atoms with van der Waals surface area (Å²) in [6, 6.07) is 7.01. The molecule has 1 fully saturated rings. The highest BCUT2D eigenvalue weighted by Gasteiger charge is 2.16. The van der Waals surface area contributed by atoms with Crippen LogP contribution in [0.25, 0.3) is 0 Å². The Morgan fingerprint density at radius 3 is 2.62 bits per heavy atom. The van der Waals surface area contributed by atoms with Gasteiger partial charge in [0, 0.05) is 32.2 Å². The molecule has 2 aromatic rings. The number of rotatable bonds is 4. The normalized spacial score (nSPS) is 14.8. The molecule has 1 aliphatic rings. The van der Waals surface area contributed by atoms with E-state index in [2.05, 4.69) is 37.4 Å². The molecule has 3 rings (SSSR count). The van der Waals surface area contributed by atoms with E-state index in [1.807, 2.05) is 25.1 Å². The molecule has 0 unspecified atom stereocenters. The van der Waals surface area contributed by atoms with E-state index >= 15 is 0 Å². The number of hydrogen-bond donors (Lipinski definition) is 2. The van der Waals surface area contributed by atoms with Crippen LogP contribution in [0.4, 0.5) is 22.1 Å². The molecule has 1 saturated heterocycles. The lowest BCUT2D eigenvalue weighted by Crippen LogP contribution is -2.44. The van der Waals surface area contributed by atoms with Crippen LogP contribution in [0.1, 0.15) is 5.56 Å². The van der Waals surface area contributed by atoms with E-state index < -0.39 is 0 Å². The zero-order chi connectivity index (χ0) is 18.5. The Kier molecular flexibility index (Phi) is 5.52. The summed E-state index contributed by atoms with van der Waals surface area (Å²) in [6.45, 7) is 5.73. The van der Waals surface area contributed by atoms with Crippen LogP contribution in [0.5, 0.6) is 5.75 Å². The fourth-order valence-corrected chi connectivity index (χ4v) is 2.81. The molecular formula is C18H24N6O2. The summed E-state index contributed by atoms with van der Waals surface area (Å²) in [7, 11) is 3.68. The topological polar surface area (TPSA) is 82.6 Å². The molecule has 1 aromatic carbocycles. The van der Waals surface area contributed by atoms with Gasteiger partial charge in [-0.25, -0.2) is 14.8 Å². The molecule has 2 N–H and O–H groups in total. The van der Waals surface area contributed by atoms with E-state index in [4.69, 9.17) is 4.74 Å². The van der Waals surface area contributed by atoms with Gasteiger partial charge in [-0.05, 0) is 31.7 Å². The van der Waals surface area contributed by atoms with Gasteiger partial charge < -0.3 is 19.9 Å². The molecule has 8 nitrogen and oxygen atoms in total. The number of benzene rings is 1. The number of hydrogen-bond acceptors (Lipinski definition) is 6. The number of nitrogens with zero attached hydrogens (tertiary/aromatic N) is 4. The lowest BCUT2D eigenvalue weighted by Gasteiger charge is -2.33. The van der Waals surface area contributed by atoms with Gasteiger partial charge in [-0.1, -0.05) is 6.07 Å². The summed E-state index contributed by atoms with van der Waals surface area (Å²) in [5, 5.41) is 5.56. The van der Waals surface area contributed by atoms with Gasteiger partial charge in [0.25, 0.3) is 0 Å². The number of anilines is 3. The molecule has 0 spiro atoms. The lowest BCUT2D eigenvalue weighted by molar-refractivity contribution is 0.262. The number of carbonyl (C=O) groups is 1. The predicted octanol–water partition coefficient (Wildman–Crippen LogP) is 2.19. The number of aromatic nitrogens is 2. The highest BCUT2D eigenvalue weighted by atomic mass is 16.5. The van der Waals surface area contributed by atoms with Crippen molar-refractivity contribution in [3.63, 3.8) is 0 Å². The Labute approximate surface area is 153 Å². The molecule has 0 saturated carbocycles. The van der Waals surface area contributed by atoms with E-state index in [9.17, 15) is 4.79 Å². The van der Waals surface area contributed by atoms with Crippen molar-refractivity contribution in [1.82, 2.24) is 14.9 Å². The van der Waals surface area contributed by atoms with Gasteiger partial charge in [0.05, 0.1) is 12.8 Å². The summed E-state index contributed by atoms with van der Waals surface area (Å²) >= 11 is 0. The van der Waals surface area contributed by atoms with Crippen LogP contribution >= 0.6 is 0 Å². The number of likely N-dealkylation sites (N-methyl/N-ethyl adjacent to an activating group) is 1. The van der Waals surface area contributed by atoms with E-state index in [1.165, 1.54) is 6.33 Å². The number of aryl methyl sites for hydroxylation is 1. The fraction of sp³-hybridized carbons (Fsp3) is 0.389. The summed E-state index contributed by atoms with van der Waals surface area (Å²) in [4.78, 5) is 25.3. The number of nitrogens with one attached hydrogen (secondary N) is 2. The van der Waals surface area contributed by atoms with Gasteiger partial charge in [0.1, 0.15) is 23.7 Å². The number of carbonyl (C=O) groups excluding carboxylic acids is 1. The SMILES string of the molecule is COc1ccc(C)cc1NC(=O)Nc1cc(N2CCN(C)CC2)ncn1. The van der Waals surface area contributed by atoms with Gasteiger partial charge in [-0.3, -0.25) is 5.32 Å². The van der Waals surface area contributed by atoms with E-state index in [-0.39, 0.29) is 6.03 Å². The quantitative estimate of drug-likeness (QED) is 0.874. The van der Waals surface area contributed by atoms with Crippen molar-refractivity contribution >= 4 is 23.4 Å². The van der Waals surface area contributed by atoms with Crippen molar-refractivity contribution in [3.05, 3.63) is 36.2 Å². The number of methoxy groups -OCH3 is 1. The van der Waals surface area contributed by atoms with Crippen molar-refractivity contribution in [2.75, 3.05) is 55.9 Å². The van der Waals surface area contributed by atoms with Crippen molar-refractivity contribution in [1.29, 1.82) is 0 Å². The molecule has 26 heavy (non-hydrogen) atoms. The summed E-state index contributed by atoms with van der Waals surface area (Å²) < 4.78 is 5.28. The highest BCUT2D eigenvalue weighted by molar-refractivity contribution is 6.00. The minimum atomic E-state index is -0.378. The minimum Gasteiger partial charge on any atom is -0.495 e. The number of piperazine rings is 1. The van der Waals surface area contributed by atoms with Crippen molar-refractivity contribution < 1.29 is 9.53 Å². The summed E-state index contributed by atoms with van der Waals surface area (Å²) in [6.07, 6.45) is 1.47. The van der Waals surface area contributed by atoms with Gasteiger partial charge in [0.2, 0.25) is 0 Å². The Bertz CT molecular complexity index is 774. The Balaban J connectivity index is 1.66. The summed E-state index contributed by atoms with van der Waals surface area (Å²) in [5.74, 6) is 1.88. The third-order valence-electron chi connectivity index (χ3n) is 4.32. The standard InChI is InChI=1S/C18H24N6O2/c1-13-4-5-15(26-3)14(10-13)21-18(25)22-16-11-17(20-12-19-16)24-8-6-23(2)7-9-24/h4-5,10-12H,6-9H2,1-3H3,(H2,19,20,21,22,25). The van der Waals surface area contributed by atoms with E-state index in [1.54, 1.807) is 13.2 Å². The van der Waals surface area contributed by atoms with Gasteiger partial charge in [-0.15, -0.1) is 0 Å². The third kappa shape index (κ3) is 4.40. The molecule has 8 heteroatoms. The molecule has 0 aliphatic carbocycles. The van der Waals surface area contributed by atoms with Crippen LogP contribution in [-0.2, 0) is 0 Å². The largest absolute Gasteiger partial charge is 0.495 e. The van der Waals surface area contributed by atoms with Crippen LogP contribution in [-0.4, -0.2) is 61.2 Å². The monoisotopic (exact) mass is 356 g/mol. The van der Waals surface area contributed by atoms with E-state index in [0.29, 0.717) is 17.3 Å². The number of amides is 2. The second-order valence-electron chi connectivity index (χ2n) is 6.33. The molecule has 1 aliphatic heterocycles. The molecule has 2 amide bonds. The van der Waals surface area contributed by atoms with Crippen LogP contribution in [0.15, 0.2) is 30.6 Å². The Morgan fingerprint density at radius 1 is 1.12 bits per heavy atom.